The van der Waals surface area contributed by atoms with Crippen LogP contribution in [0.2, 0.25) is 0 Å². The predicted molar refractivity (Wildman–Crippen MR) is 68.7 cm³/mol. The Balaban J connectivity index is 2.15. The second-order valence-corrected chi connectivity index (χ2v) is 5.54. The van der Waals surface area contributed by atoms with E-state index >= 15 is 0 Å². The summed E-state index contributed by atoms with van der Waals surface area (Å²) < 4.78 is 0. The molecule has 1 aromatic carbocycles. The van der Waals surface area contributed by atoms with E-state index in [0.717, 1.165) is 21.6 Å². The maximum absolute atomic E-state index is 6.02. The summed E-state index contributed by atoms with van der Waals surface area (Å²) in [6.45, 7) is 2.00. The summed E-state index contributed by atoms with van der Waals surface area (Å²) >= 11 is 1.57. The van der Waals surface area contributed by atoms with Gasteiger partial charge in [-0.15, -0.1) is 11.3 Å². The summed E-state index contributed by atoms with van der Waals surface area (Å²) in [5, 5.41) is 1.88. The first kappa shape index (κ1) is 9.85. The van der Waals surface area contributed by atoms with Crippen LogP contribution in [0.5, 0.6) is 0 Å². The molecule has 0 radical (unpaired) electrons. The Bertz CT molecular complexity index is 526. The average molecular weight is 230 g/mol. The fraction of sp³-hybridized carbons (Fsp3) is 0.308. The van der Waals surface area contributed by atoms with Crippen molar-refractivity contribution in [1.29, 1.82) is 0 Å². The molecule has 3 rings (SSSR count). The van der Waals surface area contributed by atoms with E-state index in [9.17, 15) is 0 Å². The van der Waals surface area contributed by atoms with Crippen LogP contribution in [0, 0.1) is 6.92 Å². The first-order valence-electron chi connectivity index (χ1n) is 5.58. The molecule has 0 atom stereocenters. The van der Waals surface area contributed by atoms with Gasteiger partial charge >= 0.3 is 0 Å². The van der Waals surface area contributed by atoms with Gasteiger partial charge in [-0.05, 0) is 31.2 Å². The first-order valence-corrected chi connectivity index (χ1v) is 6.39. The summed E-state index contributed by atoms with van der Waals surface area (Å²) in [6.07, 6.45) is 2.61. The first-order chi connectivity index (χ1) is 7.75. The Morgan fingerprint density at radius 2 is 2.06 bits per heavy atom. The normalized spacial score (nSPS) is 15.3. The van der Waals surface area contributed by atoms with Crippen molar-refractivity contribution in [1.82, 2.24) is 4.98 Å². The van der Waals surface area contributed by atoms with Crippen molar-refractivity contribution in [2.75, 3.05) is 5.73 Å². The van der Waals surface area contributed by atoms with Gasteiger partial charge in [0.05, 0.1) is 5.01 Å². The lowest BCUT2D eigenvalue weighted by molar-refractivity contribution is 1.13. The zero-order chi connectivity index (χ0) is 11.1. The third kappa shape index (κ3) is 1.61. The second-order valence-electron chi connectivity index (χ2n) is 4.31. The molecule has 1 heterocycles. The number of benzene rings is 1. The Labute approximate surface area is 99.1 Å². The van der Waals surface area contributed by atoms with Gasteiger partial charge in [0.1, 0.15) is 10.7 Å². The number of aryl methyl sites for hydroxylation is 1. The van der Waals surface area contributed by atoms with E-state index in [1.54, 1.807) is 11.3 Å². The van der Waals surface area contributed by atoms with Crippen LogP contribution in [-0.4, -0.2) is 4.98 Å². The van der Waals surface area contributed by atoms with Gasteiger partial charge < -0.3 is 5.73 Å². The third-order valence-electron chi connectivity index (χ3n) is 2.99. The number of nitrogens with zero attached hydrogens (tertiary/aromatic N) is 1. The molecule has 1 saturated carbocycles. The van der Waals surface area contributed by atoms with E-state index in [1.807, 2.05) is 6.92 Å². The minimum Gasteiger partial charge on any atom is -0.389 e. The number of anilines is 1. The largest absolute Gasteiger partial charge is 0.389 e. The van der Waals surface area contributed by atoms with E-state index < -0.39 is 0 Å². The highest BCUT2D eigenvalue weighted by molar-refractivity contribution is 7.16. The number of nitrogens with two attached hydrogens (primary N) is 1. The van der Waals surface area contributed by atoms with Crippen LogP contribution in [0.3, 0.4) is 0 Å². The molecule has 0 amide bonds. The number of hydrogen-bond acceptors (Lipinski definition) is 3. The molecule has 1 aromatic heterocycles. The van der Waals surface area contributed by atoms with Crippen molar-refractivity contribution in [3.8, 4) is 11.3 Å². The van der Waals surface area contributed by atoms with Crippen LogP contribution in [0.4, 0.5) is 5.00 Å². The highest BCUT2D eigenvalue weighted by atomic mass is 32.1. The molecule has 2 nitrogen and oxygen atoms in total. The number of aromatic nitrogens is 1. The molecule has 2 aromatic rings. The van der Waals surface area contributed by atoms with Crippen LogP contribution in [0.1, 0.15) is 29.3 Å². The average Bonchev–Trinajstić information content (AvgIpc) is 3.05. The van der Waals surface area contributed by atoms with Crippen molar-refractivity contribution in [3.63, 3.8) is 0 Å². The lowest BCUT2D eigenvalue weighted by Gasteiger charge is -2.06. The predicted octanol–water partition coefficient (Wildman–Crippen LogP) is 3.58. The highest BCUT2D eigenvalue weighted by Gasteiger charge is 2.27. The van der Waals surface area contributed by atoms with Crippen LogP contribution in [0.15, 0.2) is 24.3 Å². The van der Waals surface area contributed by atoms with Gasteiger partial charge in [0.2, 0.25) is 0 Å². The molecule has 3 heteroatoms. The van der Waals surface area contributed by atoms with E-state index in [-0.39, 0.29) is 0 Å². The summed E-state index contributed by atoms with van der Waals surface area (Å²) in [4.78, 5) is 4.54. The third-order valence-corrected chi connectivity index (χ3v) is 3.79. The van der Waals surface area contributed by atoms with Crippen LogP contribution in [0.25, 0.3) is 11.3 Å². The Kier molecular flexibility index (Phi) is 2.21. The zero-order valence-electron chi connectivity index (χ0n) is 9.23. The molecule has 0 spiro atoms. The lowest BCUT2D eigenvalue weighted by Crippen LogP contribution is -1.91. The quantitative estimate of drug-likeness (QED) is 0.856. The number of nitrogen functional groups attached to an aromatic ring is 1. The van der Waals surface area contributed by atoms with Crippen LogP contribution in [-0.2, 0) is 0 Å². The summed E-state index contributed by atoms with van der Waals surface area (Å²) in [7, 11) is 0. The van der Waals surface area contributed by atoms with Gasteiger partial charge in [0.25, 0.3) is 0 Å². The summed E-state index contributed by atoms with van der Waals surface area (Å²) in [5.74, 6) is 0.734. The van der Waals surface area contributed by atoms with E-state index in [0.29, 0.717) is 0 Å². The monoisotopic (exact) mass is 230 g/mol. The van der Waals surface area contributed by atoms with Crippen molar-refractivity contribution in [2.45, 2.75) is 25.7 Å². The minimum atomic E-state index is 0.734. The Morgan fingerprint density at radius 3 is 2.69 bits per heavy atom. The topological polar surface area (TPSA) is 38.9 Å². The number of thiazole rings is 1. The number of hydrogen-bond donors (Lipinski definition) is 1. The summed E-state index contributed by atoms with van der Waals surface area (Å²) in [5.41, 5.74) is 9.64. The maximum Gasteiger partial charge on any atom is 0.114 e. The molecule has 1 aliphatic carbocycles. The van der Waals surface area contributed by atoms with Gasteiger partial charge in [-0.3, -0.25) is 0 Å². The lowest BCUT2D eigenvalue weighted by atomic mass is 10.0. The molecular weight excluding hydrogens is 216 g/mol. The van der Waals surface area contributed by atoms with Crippen LogP contribution < -0.4 is 5.73 Å². The number of rotatable bonds is 2. The standard InChI is InChI=1S/C13H14N2S/c1-8-15-12(13(14)16-8)11-5-3-2-4-10(11)9-6-7-9/h2-5,9H,6-7,14H2,1H3. The molecule has 0 bridgehead atoms. The van der Waals surface area contributed by atoms with Gasteiger partial charge in [0.15, 0.2) is 0 Å². The molecule has 82 valence electrons. The second kappa shape index (κ2) is 3.59. The summed E-state index contributed by atoms with van der Waals surface area (Å²) in [6, 6.07) is 8.52. The molecule has 1 fully saturated rings. The molecule has 1 aliphatic rings. The van der Waals surface area contributed by atoms with Gasteiger partial charge in [-0.25, -0.2) is 4.98 Å². The van der Waals surface area contributed by atoms with Crippen molar-refractivity contribution < 1.29 is 0 Å². The smallest absolute Gasteiger partial charge is 0.114 e. The minimum absolute atomic E-state index is 0.734. The Hall–Kier alpha value is -1.35. The fourth-order valence-corrected chi connectivity index (χ4v) is 2.81. The van der Waals surface area contributed by atoms with Crippen molar-refractivity contribution >= 4 is 16.3 Å². The molecule has 2 N–H and O–H groups in total. The molecule has 0 aliphatic heterocycles. The zero-order valence-corrected chi connectivity index (χ0v) is 10.1. The van der Waals surface area contributed by atoms with E-state index in [2.05, 4.69) is 29.2 Å². The Morgan fingerprint density at radius 1 is 1.31 bits per heavy atom. The van der Waals surface area contributed by atoms with E-state index in [1.165, 1.54) is 24.0 Å². The SMILES string of the molecule is Cc1nc(-c2ccccc2C2CC2)c(N)s1. The molecule has 0 unspecified atom stereocenters. The van der Waals surface area contributed by atoms with Gasteiger partial charge in [0, 0.05) is 5.56 Å². The van der Waals surface area contributed by atoms with Gasteiger partial charge in [-0.2, -0.15) is 0 Å². The van der Waals surface area contributed by atoms with Crippen molar-refractivity contribution in [3.05, 3.63) is 34.8 Å². The molecular formula is C13H14N2S. The van der Waals surface area contributed by atoms with Crippen LogP contribution >= 0.6 is 11.3 Å². The molecule has 0 saturated heterocycles. The maximum atomic E-state index is 6.02. The van der Waals surface area contributed by atoms with E-state index in [4.69, 9.17) is 5.73 Å². The highest BCUT2D eigenvalue weighted by Crippen LogP contribution is 2.45. The van der Waals surface area contributed by atoms with Gasteiger partial charge in [-0.1, -0.05) is 24.3 Å². The van der Waals surface area contributed by atoms with Crippen molar-refractivity contribution in [2.24, 2.45) is 0 Å². The fourth-order valence-electron chi connectivity index (χ4n) is 2.10. The molecule has 16 heavy (non-hydrogen) atoms.